The van der Waals surface area contributed by atoms with Gasteiger partial charge in [0.15, 0.2) is 11.2 Å². The zero-order valence-electron chi connectivity index (χ0n) is 20.0. The third kappa shape index (κ3) is 4.58. The topological polar surface area (TPSA) is 71.8 Å². The van der Waals surface area contributed by atoms with E-state index in [1.807, 2.05) is 13.8 Å². The summed E-state index contributed by atoms with van der Waals surface area (Å²) in [5.41, 5.74) is 1.01. The van der Waals surface area contributed by atoms with E-state index in [1.165, 1.54) is 12.1 Å². The monoisotopic (exact) mass is 493 g/mol. The first-order chi connectivity index (χ1) is 17.3. The summed E-state index contributed by atoms with van der Waals surface area (Å²) in [4.78, 5) is 20.5. The average Bonchev–Trinajstić information content (AvgIpc) is 2.85. The van der Waals surface area contributed by atoms with Crippen LogP contribution in [-0.2, 0) is 0 Å². The molecule has 0 radical (unpaired) electrons. The van der Waals surface area contributed by atoms with Crippen LogP contribution in [0.4, 0.5) is 24.8 Å². The van der Waals surface area contributed by atoms with E-state index < -0.39 is 17.1 Å². The molecule has 0 unspecified atom stereocenters. The summed E-state index contributed by atoms with van der Waals surface area (Å²) < 4.78 is 46.4. The van der Waals surface area contributed by atoms with Gasteiger partial charge in [0.2, 0.25) is 5.95 Å². The fourth-order valence-electron chi connectivity index (χ4n) is 4.77. The molecule has 0 amide bonds. The van der Waals surface area contributed by atoms with Crippen molar-refractivity contribution in [3.05, 3.63) is 82.0 Å². The van der Waals surface area contributed by atoms with Crippen molar-refractivity contribution < 1.29 is 13.2 Å². The highest BCUT2D eigenvalue weighted by atomic mass is 19.1. The maximum absolute atomic E-state index is 15.0. The highest BCUT2D eigenvalue weighted by Crippen LogP contribution is 2.31. The van der Waals surface area contributed by atoms with E-state index in [4.69, 9.17) is 0 Å². The Morgan fingerprint density at radius 1 is 1.03 bits per heavy atom. The number of pyridine rings is 1. The normalized spacial score (nSPS) is 14.5. The molecule has 9 heteroatoms. The van der Waals surface area contributed by atoms with Crippen LogP contribution in [-0.4, -0.2) is 27.6 Å². The highest BCUT2D eigenvalue weighted by molar-refractivity contribution is 5.85. The Morgan fingerprint density at radius 3 is 2.53 bits per heavy atom. The molecule has 1 fully saturated rings. The zero-order valence-corrected chi connectivity index (χ0v) is 20.0. The lowest BCUT2D eigenvalue weighted by Gasteiger charge is -2.23. The van der Waals surface area contributed by atoms with Crippen molar-refractivity contribution >= 4 is 22.5 Å². The van der Waals surface area contributed by atoms with Crippen LogP contribution >= 0.6 is 0 Å². The van der Waals surface area contributed by atoms with Crippen molar-refractivity contribution in [2.24, 2.45) is 0 Å². The minimum atomic E-state index is -0.759. The number of fused-ring (bicyclic) bond motifs is 1. The van der Waals surface area contributed by atoms with Gasteiger partial charge in [-0.2, -0.15) is 0 Å². The van der Waals surface area contributed by atoms with Crippen molar-refractivity contribution in [2.45, 2.75) is 38.6 Å². The maximum atomic E-state index is 15.0. The van der Waals surface area contributed by atoms with E-state index in [0.717, 1.165) is 38.2 Å². The number of nitrogens with zero attached hydrogens (tertiary/aromatic N) is 3. The number of anilines is 2. The molecular weight excluding hydrogens is 467 g/mol. The molecule has 0 aliphatic carbocycles. The van der Waals surface area contributed by atoms with Crippen LogP contribution in [0.25, 0.3) is 22.2 Å². The lowest BCUT2D eigenvalue weighted by atomic mass is 9.90. The molecular formula is C27H26F3N5O. The van der Waals surface area contributed by atoms with Gasteiger partial charge >= 0.3 is 0 Å². The molecule has 2 aromatic heterocycles. The van der Waals surface area contributed by atoms with Gasteiger partial charge < -0.3 is 15.2 Å². The molecule has 6 nitrogen and oxygen atoms in total. The van der Waals surface area contributed by atoms with Gasteiger partial charge in [-0.25, -0.2) is 23.1 Å². The molecule has 36 heavy (non-hydrogen) atoms. The third-order valence-corrected chi connectivity index (χ3v) is 6.59. The number of halogens is 3. The molecule has 2 aromatic carbocycles. The first kappa shape index (κ1) is 24.0. The van der Waals surface area contributed by atoms with Crippen molar-refractivity contribution in [3.8, 4) is 11.3 Å². The first-order valence-electron chi connectivity index (χ1n) is 12.0. The molecule has 0 saturated carbocycles. The highest BCUT2D eigenvalue weighted by Gasteiger charge is 2.20. The number of hydrogen-bond acceptors (Lipinski definition) is 5. The number of benzene rings is 2. The van der Waals surface area contributed by atoms with Crippen LogP contribution in [0.1, 0.15) is 44.2 Å². The molecule has 4 aromatic rings. The fourth-order valence-corrected chi connectivity index (χ4v) is 4.77. The number of aromatic nitrogens is 3. The molecule has 5 rings (SSSR count). The van der Waals surface area contributed by atoms with Crippen LogP contribution < -0.4 is 16.1 Å². The Bertz CT molecular complexity index is 1500. The Hall–Kier alpha value is -3.72. The predicted molar refractivity (Wildman–Crippen MR) is 134 cm³/mol. The quantitative estimate of drug-likeness (QED) is 0.375. The van der Waals surface area contributed by atoms with Crippen molar-refractivity contribution in [2.75, 3.05) is 18.4 Å². The minimum absolute atomic E-state index is 0.0373. The standard InChI is InChI=1S/C27H26F3N5O/c1-15(2)35-10-7-24(36)25-21(29)11-17(12-23(25)35)26-22(30)14-32-27(34-26)33-18-3-4-19(20(28)13-18)16-5-8-31-9-6-16/h3-4,7,10-16,31H,5-6,8-9H2,1-2H3,(H,32,33,34). The molecule has 2 N–H and O–H groups in total. The van der Waals surface area contributed by atoms with Gasteiger partial charge in [-0.05, 0) is 75.5 Å². The summed E-state index contributed by atoms with van der Waals surface area (Å²) in [5, 5.41) is 6.12. The van der Waals surface area contributed by atoms with E-state index in [2.05, 4.69) is 20.6 Å². The van der Waals surface area contributed by atoms with Crippen LogP contribution in [0.5, 0.6) is 0 Å². The van der Waals surface area contributed by atoms with Gasteiger partial charge in [0.05, 0.1) is 17.1 Å². The number of hydrogen-bond donors (Lipinski definition) is 2. The number of rotatable bonds is 5. The summed E-state index contributed by atoms with van der Waals surface area (Å²) in [6, 6.07) is 8.76. The maximum Gasteiger partial charge on any atom is 0.227 e. The van der Waals surface area contributed by atoms with Crippen molar-refractivity contribution in [1.29, 1.82) is 0 Å². The second-order valence-corrected chi connectivity index (χ2v) is 9.31. The predicted octanol–water partition coefficient (Wildman–Crippen LogP) is 5.67. The smallest absolute Gasteiger partial charge is 0.227 e. The summed E-state index contributed by atoms with van der Waals surface area (Å²) in [5.74, 6) is -1.63. The molecule has 3 heterocycles. The Morgan fingerprint density at radius 2 is 1.81 bits per heavy atom. The summed E-state index contributed by atoms with van der Waals surface area (Å²) in [7, 11) is 0. The van der Waals surface area contributed by atoms with E-state index in [1.54, 1.807) is 29.0 Å². The molecule has 1 aliphatic rings. The van der Waals surface area contributed by atoms with Crippen LogP contribution in [0.3, 0.4) is 0 Å². The van der Waals surface area contributed by atoms with E-state index in [0.29, 0.717) is 16.8 Å². The van der Waals surface area contributed by atoms with Gasteiger partial charge in [0.25, 0.3) is 0 Å². The van der Waals surface area contributed by atoms with E-state index in [-0.39, 0.29) is 40.4 Å². The summed E-state index contributed by atoms with van der Waals surface area (Å²) in [6.45, 7) is 5.52. The summed E-state index contributed by atoms with van der Waals surface area (Å²) >= 11 is 0. The van der Waals surface area contributed by atoms with Crippen LogP contribution in [0, 0.1) is 17.5 Å². The average molecular weight is 494 g/mol. The van der Waals surface area contributed by atoms with Gasteiger partial charge in [-0.1, -0.05) is 6.07 Å². The molecule has 0 atom stereocenters. The lowest BCUT2D eigenvalue weighted by molar-refractivity contribution is 0.445. The van der Waals surface area contributed by atoms with Crippen LogP contribution in [0.15, 0.2) is 53.6 Å². The Balaban J connectivity index is 1.50. The SMILES string of the molecule is CC(C)n1ccc(=O)c2c(F)cc(-c3nc(Nc4ccc(C5CCNCC5)c(F)c4)ncc3F)cc21. The van der Waals surface area contributed by atoms with E-state index in [9.17, 15) is 13.6 Å². The first-order valence-corrected chi connectivity index (χ1v) is 12.0. The lowest BCUT2D eigenvalue weighted by Crippen LogP contribution is -2.27. The van der Waals surface area contributed by atoms with Gasteiger partial charge in [-0.15, -0.1) is 0 Å². The van der Waals surface area contributed by atoms with Gasteiger partial charge in [0.1, 0.15) is 17.3 Å². The van der Waals surface area contributed by atoms with E-state index >= 15 is 4.39 Å². The molecule has 0 bridgehead atoms. The molecule has 0 spiro atoms. The molecule has 1 aliphatic heterocycles. The Labute approximate surface area is 206 Å². The van der Waals surface area contributed by atoms with Gasteiger partial charge in [0, 0.05) is 29.6 Å². The second-order valence-electron chi connectivity index (χ2n) is 9.31. The third-order valence-electron chi connectivity index (χ3n) is 6.59. The summed E-state index contributed by atoms with van der Waals surface area (Å²) in [6.07, 6.45) is 4.32. The Kier molecular flexibility index (Phi) is 6.49. The number of nitrogens with one attached hydrogen (secondary N) is 2. The fraction of sp³-hybridized carbons (Fsp3) is 0.296. The molecule has 186 valence electrons. The largest absolute Gasteiger partial charge is 0.345 e. The van der Waals surface area contributed by atoms with Crippen molar-refractivity contribution in [3.63, 3.8) is 0 Å². The van der Waals surface area contributed by atoms with Crippen LogP contribution in [0.2, 0.25) is 0 Å². The number of piperidine rings is 1. The van der Waals surface area contributed by atoms with Crippen molar-refractivity contribution in [1.82, 2.24) is 19.9 Å². The molecule has 1 saturated heterocycles. The second kappa shape index (κ2) is 9.73. The van der Waals surface area contributed by atoms with Gasteiger partial charge in [-0.3, -0.25) is 4.79 Å². The zero-order chi connectivity index (χ0) is 25.4. The minimum Gasteiger partial charge on any atom is -0.345 e.